The molecule has 19 nitrogen and oxygen atoms in total. The van der Waals surface area contributed by atoms with Gasteiger partial charge in [-0.1, -0.05) is 334 Å². The second-order valence-corrected chi connectivity index (χ2v) is 30.3. The van der Waals surface area contributed by atoms with Gasteiger partial charge in [0.05, 0.1) is 38.6 Å². The highest BCUT2D eigenvalue weighted by molar-refractivity contribution is 5.76. The van der Waals surface area contributed by atoms with Crippen LogP contribution in [-0.2, 0) is 33.2 Å². The Morgan fingerprint density at radius 3 is 0.970 bits per heavy atom. The van der Waals surface area contributed by atoms with E-state index < -0.39 is 124 Å². The van der Waals surface area contributed by atoms with Crippen molar-refractivity contribution >= 4 is 5.91 Å². The van der Waals surface area contributed by atoms with Gasteiger partial charge in [0.1, 0.15) is 73.2 Å². The second kappa shape index (κ2) is 62.6. The number of aliphatic hydroxyl groups excluding tert-OH is 11. The van der Waals surface area contributed by atoms with Crippen LogP contribution >= 0.6 is 0 Å². The molecule has 0 bridgehead atoms. The van der Waals surface area contributed by atoms with Gasteiger partial charge >= 0.3 is 0 Å². The number of ether oxygens (including phenoxy) is 6. The molecule has 0 aromatic rings. The number of carbonyl (C=O) groups is 1. The number of allylic oxidation sites excluding steroid dienone is 2. The fourth-order valence-electron chi connectivity index (χ4n) is 14.6. The van der Waals surface area contributed by atoms with E-state index in [1.807, 2.05) is 0 Å². The lowest BCUT2D eigenvalue weighted by Gasteiger charge is -2.48. The fourth-order valence-corrected chi connectivity index (χ4v) is 14.6. The van der Waals surface area contributed by atoms with Gasteiger partial charge in [-0.15, -0.1) is 0 Å². The van der Waals surface area contributed by atoms with Crippen LogP contribution in [0.4, 0.5) is 0 Å². The molecule has 0 spiro atoms. The molecule has 0 aromatic heterocycles. The van der Waals surface area contributed by atoms with Crippen LogP contribution < -0.4 is 5.32 Å². The summed E-state index contributed by atoms with van der Waals surface area (Å²) in [5.41, 5.74) is 0. The Hall–Kier alpha value is -1.47. The standard InChI is InChI=1S/C81H155NO18/c1-3-5-7-9-11-13-15-17-19-21-23-25-27-28-29-30-31-32-33-34-35-36-37-39-41-43-45-47-49-51-53-55-57-59-69(87)82-64(65(86)58-56-54-52-50-48-46-44-42-40-38-26-24-22-20-18-16-14-12-10-8-6-4-2)63-95-79-75(93)72(90)77(67(61-84)97-79)100-81-76(94)73(91)78(68(62-85)98-81)99-80-74(92)71(89)70(88)66(60-83)96-80/h21,23,64-68,70-81,83-86,88-94H,3-20,22,24-63H2,1-2H3,(H,82,87)/b23-21-. The Morgan fingerprint density at radius 1 is 0.350 bits per heavy atom. The predicted molar refractivity (Wildman–Crippen MR) is 397 cm³/mol. The van der Waals surface area contributed by atoms with Gasteiger partial charge in [-0.3, -0.25) is 4.79 Å². The summed E-state index contributed by atoms with van der Waals surface area (Å²) in [5, 5.41) is 121. The molecule has 17 atom stereocenters. The summed E-state index contributed by atoms with van der Waals surface area (Å²) < 4.78 is 34.5. The molecule has 0 aromatic carbocycles. The molecule has 0 radical (unpaired) electrons. The maximum atomic E-state index is 13.5. The van der Waals surface area contributed by atoms with Gasteiger partial charge in [0.15, 0.2) is 18.9 Å². The average molecular weight is 1430 g/mol. The largest absolute Gasteiger partial charge is 0.394 e. The first kappa shape index (κ1) is 92.7. The predicted octanol–water partition coefficient (Wildman–Crippen LogP) is 14.3. The lowest BCUT2D eigenvalue weighted by atomic mass is 9.96. The van der Waals surface area contributed by atoms with Crippen LogP contribution in [0.25, 0.3) is 0 Å². The molecule has 3 aliphatic heterocycles. The number of amides is 1. The van der Waals surface area contributed by atoms with Gasteiger partial charge in [0.2, 0.25) is 5.91 Å². The quantitative estimate of drug-likeness (QED) is 0.0199. The maximum absolute atomic E-state index is 13.5. The van der Waals surface area contributed by atoms with E-state index in [1.165, 1.54) is 289 Å². The van der Waals surface area contributed by atoms with E-state index in [4.69, 9.17) is 28.4 Å². The van der Waals surface area contributed by atoms with E-state index in [1.54, 1.807) is 0 Å². The lowest BCUT2D eigenvalue weighted by Crippen LogP contribution is -2.66. The van der Waals surface area contributed by atoms with Gasteiger partial charge in [-0.2, -0.15) is 0 Å². The fraction of sp³-hybridized carbons (Fsp3) is 0.963. The number of aliphatic hydroxyl groups is 11. The van der Waals surface area contributed by atoms with Crippen molar-refractivity contribution in [2.24, 2.45) is 0 Å². The normalized spacial score (nSPS) is 26.4. The van der Waals surface area contributed by atoms with E-state index >= 15 is 0 Å². The third-order valence-corrected chi connectivity index (χ3v) is 21.3. The van der Waals surface area contributed by atoms with Gasteiger partial charge < -0.3 is 89.9 Å². The lowest BCUT2D eigenvalue weighted by molar-refractivity contribution is -0.379. The van der Waals surface area contributed by atoms with Gasteiger partial charge in [-0.25, -0.2) is 0 Å². The summed E-state index contributed by atoms with van der Waals surface area (Å²) in [7, 11) is 0. The Morgan fingerprint density at radius 2 is 0.630 bits per heavy atom. The highest BCUT2D eigenvalue weighted by Gasteiger charge is 2.54. The number of unbranched alkanes of at least 4 members (excludes halogenated alkanes) is 50. The highest BCUT2D eigenvalue weighted by Crippen LogP contribution is 2.33. The first-order valence-electron chi connectivity index (χ1n) is 41.9. The molecule has 100 heavy (non-hydrogen) atoms. The molecule has 17 unspecified atom stereocenters. The van der Waals surface area contributed by atoms with Crippen molar-refractivity contribution < 1.29 is 89.4 Å². The number of carbonyl (C=O) groups excluding carboxylic acids is 1. The van der Waals surface area contributed by atoms with Gasteiger partial charge in [-0.05, 0) is 38.5 Å². The average Bonchev–Trinajstić information content (AvgIpc) is 0.783. The molecule has 19 heteroatoms. The molecule has 12 N–H and O–H groups in total. The number of hydrogen-bond acceptors (Lipinski definition) is 18. The molecule has 3 saturated heterocycles. The minimum Gasteiger partial charge on any atom is -0.394 e. The molecule has 3 rings (SSSR count). The summed E-state index contributed by atoms with van der Waals surface area (Å²) in [6.45, 7) is 1.87. The van der Waals surface area contributed by atoms with Crippen molar-refractivity contribution in [1.29, 1.82) is 0 Å². The van der Waals surface area contributed by atoms with Crippen molar-refractivity contribution in [3.8, 4) is 0 Å². The molecule has 1 amide bonds. The van der Waals surface area contributed by atoms with E-state index in [0.717, 1.165) is 44.9 Å². The van der Waals surface area contributed by atoms with Crippen LogP contribution in [0.5, 0.6) is 0 Å². The minimum absolute atomic E-state index is 0.233. The summed E-state index contributed by atoms with van der Waals surface area (Å²) >= 11 is 0. The first-order valence-corrected chi connectivity index (χ1v) is 41.9. The zero-order valence-electron chi connectivity index (χ0n) is 63.5. The summed E-state index contributed by atoms with van der Waals surface area (Å²) in [6.07, 6.45) is 47.4. The number of nitrogens with one attached hydrogen (secondary N) is 1. The second-order valence-electron chi connectivity index (χ2n) is 30.3. The van der Waals surface area contributed by atoms with Crippen molar-refractivity contribution in [2.75, 3.05) is 26.4 Å². The third-order valence-electron chi connectivity index (χ3n) is 21.3. The van der Waals surface area contributed by atoms with Crippen LogP contribution in [0.1, 0.15) is 367 Å². The van der Waals surface area contributed by atoms with E-state index in [0.29, 0.717) is 12.8 Å². The van der Waals surface area contributed by atoms with E-state index in [2.05, 4.69) is 31.3 Å². The molecule has 3 heterocycles. The van der Waals surface area contributed by atoms with Crippen molar-refractivity contribution in [3.63, 3.8) is 0 Å². The van der Waals surface area contributed by atoms with E-state index in [-0.39, 0.29) is 18.9 Å². The molecule has 0 aliphatic carbocycles. The third kappa shape index (κ3) is 42.2. The Balaban J connectivity index is 1.33. The van der Waals surface area contributed by atoms with Crippen molar-refractivity contribution in [3.05, 3.63) is 12.2 Å². The van der Waals surface area contributed by atoms with Crippen LogP contribution in [-0.4, -0.2) is 193 Å². The maximum Gasteiger partial charge on any atom is 0.220 e. The smallest absolute Gasteiger partial charge is 0.220 e. The van der Waals surface area contributed by atoms with Crippen molar-refractivity contribution in [1.82, 2.24) is 5.32 Å². The monoisotopic (exact) mass is 1430 g/mol. The highest BCUT2D eigenvalue weighted by atomic mass is 16.8. The van der Waals surface area contributed by atoms with Crippen LogP contribution in [0, 0.1) is 0 Å². The van der Waals surface area contributed by atoms with Gasteiger partial charge in [0.25, 0.3) is 0 Å². The molecular weight excluding hydrogens is 1270 g/mol. The van der Waals surface area contributed by atoms with Crippen molar-refractivity contribution in [2.45, 2.75) is 471 Å². The Kier molecular flexibility index (Phi) is 58.0. The molecule has 3 aliphatic rings. The zero-order chi connectivity index (χ0) is 72.5. The molecule has 3 fully saturated rings. The zero-order valence-corrected chi connectivity index (χ0v) is 63.5. The van der Waals surface area contributed by atoms with E-state index in [9.17, 15) is 61.0 Å². The van der Waals surface area contributed by atoms with Crippen LogP contribution in [0.3, 0.4) is 0 Å². The summed E-state index contributed by atoms with van der Waals surface area (Å²) in [4.78, 5) is 13.5. The van der Waals surface area contributed by atoms with Crippen LogP contribution in [0.15, 0.2) is 12.2 Å². The Bertz CT molecular complexity index is 1850. The molecular formula is C81H155NO18. The van der Waals surface area contributed by atoms with Crippen LogP contribution in [0.2, 0.25) is 0 Å². The number of rotatable bonds is 68. The number of hydrogen-bond donors (Lipinski definition) is 12. The summed E-state index contributed by atoms with van der Waals surface area (Å²) in [6, 6.07) is -0.885. The topological polar surface area (TPSA) is 307 Å². The summed E-state index contributed by atoms with van der Waals surface area (Å²) in [5.74, 6) is -0.233. The molecule has 592 valence electrons. The minimum atomic E-state index is -1.97. The van der Waals surface area contributed by atoms with Gasteiger partial charge in [0, 0.05) is 6.42 Å². The Labute approximate surface area is 607 Å². The SMILES string of the molecule is CCCCCCCCCC/C=C\CCCCCCCCCCCCCCCCCCCCCCCC(=O)NC(COC1OC(CO)C(OC2OC(CO)C(OC3OC(CO)C(O)C(O)C3O)C(O)C2O)C(O)C1O)C(O)CCCCCCCCCCCCCCCCCCCCCCCC. The first-order chi connectivity index (χ1) is 48.8. The molecule has 0 saturated carbocycles.